The fourth-order valence-corrected chi connectivity index (χ4v) is 6.09. The Morgan fingerprint density at radius 1 is 1.42 bits per heavy atom. The monoisotopic (exact) mass is 381 g/mol. The number of hydrogen-bond donors (Lipinski definition) is 2. The van der Waals surface area contributed by atoms with Gasteiger partial charge in [0.1, 0.15) is 5.02 Å². The van der Waals surface area contributed by atoms with E-state index in [1.807, 2.05) is 0 Å². The van der Waals surface area contributed by atoms with Gasteiger partial charge in [0.05, 0.1) is 29.9 Å². The van der Waals surface area contributed by atoms with Gasteiger partial charge in [-0.3, -0.25) is 9.59 Å². The lowest BCUT2D eigenvalue weighted by Gasteiger charge is -2.59. The van der Waals surface area contributed by atoms with Gasteiger partial charge in [-0.05, 0) is 49.9 Å². The Kier molecular flexibility index (Phi) is 4.47. The molecule has 2 N–H and O–H groups in total. The summed E-state index contributed by atoms with van der Waals surface area (Å²) in [5, 5.41) is 17.4. The standard InChI is InChI=1S/C18H24ClN3O4/c1-26-3-2-20-13-9-21-22(16(23)15(13)19)18-7-10-4-11(8-18)6-12(5-10)14(18)17(24)25/h9-12,14,20H,2-8H2,1H3,(H,24,25)/t10-,11-,12?,14-,18?/m0/s1. The highest BCUT2D eigenvalue weighted by molar-refractivity contribution is 6.32. The molecule has 7 nitrogen and oxygen atoms in total. The highest BCUT2D eigenvalue weighted by Crippen LogP contribution is 2.61. The number of halogens is 1. The van der Waals surface area contributed by atoms with Crippen LogP contribution in [0.2, 0.25) is 5.02 Å². The van der Waals surface area contributed by atoms with Crippen molar-refractivity contribution in [2.45, 2.75) is 37.6 Å². The number of anilines is 1. The van der Waals surface area contributed by atoms with Gasteiger partial charge in [0.15, 0.2) is 0 Å². The van der Waals surface area contributed by atoms with Crippen LogP contribution in [0.15, 0.2) is 11.0 Å². The molecule has 1 aromatic heterocycles. The van der Waals surface area contributed by atoms with Crippen molar-refractivity contribution in [2.75, 3.05) is 25.6 Å². The van der Waals surface area contributed by atoms with E-state index in [0.29, 0.717) is 43.5 Å². The van der Waals surface area contributed by atoms with Crippen LogP contribution in [0.4, 0.5) is 5.69 Å². The molecule has 0 unspecified atom stereocenters. The number of ether oxygens (including phenoxy) is 1. The maximum atomic E-state index is 13.0. The Morgan fingerprint density at radius 2 is 2.12 bits per heavy atom. The van der Waals surface area contributed by atoms with Gasteiger partial charge in [-0.25, -0.2) is 4.68 Å². The maximum Gasteiger partial charge on any atom is 0.309 e. The molecule has 0 aliphatic heterocycles. The van der Waals surface area contributed by atoms with Gasteiger partial charge in [0, 0.05) is 13.7 Å². The lowest BCUT2D eigenvalue weighted by molar-refractivity contribution is -0.168. The number of nitrogens with one attached hydrogen (secondary N) is 1. The van der Waals surface area contributed by atoms with Crippen molar-refractivity contribution < 1.29 is 14.6 Å². The molecule has 4 bridgehead atoms. The van der Waals surface area contributed by atoms with Gasteiger partial charge in [-0.15, -0.1) is 0 Å². The molecule has 0 radical (unpaired) electrons. The average molecular weight is 382 g/mol. The predicted octanol–water partition coefficient (Wildman–Crippen LogP) is 2.19. The summed E-state index contributed by atoms with van der Waals surface area (Å²) >= 11 is 6.32. The molecule has 4 saturated carbocycles. The number of hydrogen-bond acceptors (Lipinski definition) is 5. The predicted molar refractivity (Wildman–Crippen MR) is 96.5 cm³/mol. The van der Waals surface area contributed by atoms with E-state index in [4.69, 9.17) is 16.3 Å². The number of rotatable bonds is 6. The van der Waals surface area contributed by atoms with Gasteiger partial charge < -0.3 is 15.2 Å². The molecule has 8 heteroatoms. The molecule has 4 fully saturated rings. The summed E-state index contributed by atoms with van der Waals surface area (Å²) in [6, 6.07) is 0. The average Bonchev–Trinajstić information content (AvgIpc) is 2.57. The number of carboxylic acids is 1. The van der Waals surface area contributed by atoms with E-state index < -0.39 is 23.0 Å². The summed E-state index contributed by atoms with van der Waals surface area (Å²) in [7, 11) is 1.60. The Morgan fingerprint density at radius 3 is 2.73 bits per heavy atom. The van der Waals surface area contributed by atoms with E-state index in [0.717, 1.165) is 19.3 Å². The number of aliphatic carboxylic acids is 1. The molecule has 4 aliphatic rings. The molecule has 0 aromatic carbocycles. The van der Waals surface area contributed by atoms with Gasteiger partial charge in [0.2, 0.25) is 0 Å². The molecule has 0 spiro atoms. The van der Waals surface area contributed by atoms with E-state index >= 15 is 0 Å². The maximum absolute atomic E-state index is 13.0. The summed E-state index contributed by atoms with van der Waals surface area (Å²) in [6.07, 6.45) is 6.00. The van der Waals surface area contributed by atoms with E-state index in [2.05, 4.69) is 10.4 Å². The van der Waals surface area contributed by atoms with E-state index in [-0.39, 0.29) is 10.9 Å². The summed E-state index contributed by atoms with van der Waals surface area (Å²) in [5.74, 6) is -0.291. The number of carbonyl (C=O) groups is 1. The number of aromatic nitrogens is 2. The third-order valence-corrected chi connectivity index (χ3v) is 6.87. The molecular formula is C18H24ClN3O4. The number of nitrogens with zero attached hydrogens (tertiary/aromatic N) is 2. The van der Waals surface area contributed by atoms with Crippen LogP contribution in [0.3, 0.4) is 0 Å². The molecule has 0 amide bonds. The lowest BCUT2D eigenvalue weighted by atomic mass is 9.48. The van der Waals surface area contributed by atoms with Crippen molar-refractivity contribution in [1.29, 1.82) is 0 Å². The van der Waals surface area contributed by atoms with Gasteiger partial charge in [-0.2, -0.15) is 5.10 Å². The van der Waals surface area contributed by atoms with Crippen LogP contribution in [0.5, 0.6) is 0 Å². The second-order valence-corrected chi connectivity index (χ2v) is 8.41. The summed E-state index contributed by atoms with van der Waals surface area (Å²) < 4.78 is 6.39. The largest absolute Gasteiger partial charge is 0.481 e. The topological polar surface area (TPSA) is 93.4 Å². The van der Waals surface area contributed by atoms with Crippen molar-refractivity contribution >= 4 is 23.3 Å². The van der Waals surface area contributed by atoms with Crippen LogP contribution in [-0.2, 0) is 15.1 Å². The Hall–Kier alpha value is -1.60. The van der Waals surface area contributed by atoms with Crippen molar-refractivity contribution in [3.8, 4) is 0 Å². The van der Waals surface area contributed by atoms with Crippen molar-refractivity contribution in [2.24, 2.45) is 23.7 Å². The van der Waals surface area contributed by atoms with Crippen LogP contribution in [-0.4, -0.2) is 41.1 Å². The minimum atomic E-state index is -0.819. The molecular weight excluding hydrogens is 358 g/mol. The molecule has 1 aromatic rings. The highest BCUT2D eigenvalue weighted by Gasteiger charge is 2.61. The molecule has 26 heavy (non-hydrogen) atoms. The minimum Gasteiger partial charge on any atom is -0.481 e. The molecule has 4 aliphatic carbocycles. The first-order valence-corrected chi connectivity index (χ1v) is 9.58. The van der Waals surface area contributed by atoms with Gasteiger partial charge in [0.25, 0.3) is 5.56 Å². The quantitative estimate of drug-likeness (QED) is 0.734. The normalized spacial score (nSPS) is 34.8. The van der Waals surface area contributed by atoms with Crippen molar-refractivity contribution in [3.63, 3.8) is 0 Å². The first-order chi connectivity index (χ1) is 12.5. The van der Waals surface area contributed by atoms with Crippen LogP contribution >= 0.6 is 11.6 Å². The van der Waals surface area contributed by atoms with Crippen molar-refractivity contribution in [3.05, 3.63) is 21.6 Å². The van der Waals surface area contributed by atoms with Crippen molar-refractivity contribution in [1.82, 2.24) is 9.78 Å². The Balaban J connectivity index is 1.74. The number of methoxy groups -OCH3 is 1. The molecule has 0 saturated heterocycles. The second kappa shape index (κ2) is 6.53. The van der Waals surface area contributed by atoms with Gasteiger partial charge in [-0.1, -0.05) is 11.6 Å². The first kappa shape index (κ1) is 17.8. The van der Waals surface area contributed by atoms with Crippen LogP contribution in [0.25, 0.3) is 0 Å². The van der Waals surface area contributed by atoms with Gasteiger partial charge >= 0.3 is 5.97 Å². The summed E-state index contributed by atoms with van der Waals surface area (Å²) in [4.78, 5) is 25.1. The lowest BCUT2D eigenvalue weighted by Crippen LogP contribution is -2.63. The van der Waals surface area contributed by atoms with E-state index in [1.165, 1.54) is 10.9 Å². The molecule has 5 rings (SSSR count). The fourth-order valence-electron chi connectivity index (χ4n) is 5.89. The molecule has 142 valence electrons. The van der Waals surface area contributed by atoms with Crippen LogP contribution in [0.1, 0.15) is 32.1 Å². The Labute approximate surface area is 156 Å². The van der Waals surface area contributed by atoms with E-state index in [1.54, 1.807) is 7.11 Å². The third kappa shape index (κ3) is 2.63. The second-order valence-electron chi connectivity index (χ2n) is 8.04. The zero-order chi connectivity index (χ0) is 18.5. The fraction of sp³-hybridized carbons (Fsp3) is 0.722. The first-order valence-electron chi connectivity index (χ1n) is 9.20. The van der Waals surface area contributed by atoms with Crippen LogP contribution in [0, 0.1) is 23.7 Å². The molecule has 3 atom stereocenters. The highest BCUT2D eigenvalue weighted by atomic mass is 35.5. The zero-order valence-corrected chi connectivity index (χ0v) is 15.5. The third-order valence-electron chi connectivity index (χ3n) is 6.50. The summed E-state index contributed by atoms with van der Waals surface area (Å²) in [5.41, 5.74) is -0.685. The Bertz CT molecular complexity index is 766. The zero-order valence-electron chi connectivity index (χ0n) is 14.8. The number of carboxylic acid groups (broad SMARTS) is 1. The van der Waals surface area contributed by atoms with E-state index in [9.17, 15) is 14.7 Å². The molecule has 1 heterocycles. The summed E-state index contributed by atoms with van der Waals surface area (Å²) in [6.45, 7) is 0.992. The minimum absolute atomic E-state index is 0.0657. The van der Waals surface area contributed by atoms with Crippen LogP contribution < -0.4 is 10.9 Å². The SMILES string of the molecule is COCCNc1cnn(C23C[C@@H]4CC(C[C@H](C4)C2)[C@H]3C(=O)O)c(=O)c1Cl. The smallest absolute Gasteiger partial charge is 0.309 e.